The Morgan fingerprint density at radius 1 is 1.02 bits per heavy atom. The third-order valence-electron chi connectivity index (χ3n) is 6.74. The fourth-order valence-electron chi connectivity index (χ4n) is 4.77. The van der Waals surface area contributed by atoms with Gasteiger partial charge < -0.3 is 19.7 Å². The SMILES string of the molecule is CC(Cn1cc(C(=O)N2CCN(c3ncc(C(F)(F)F)cn3)CC2)c2ccncc21)Nc1cn[nH]c(=O)c1C(F)(F)F. The van der Waals surface area contributed by atoms with Crippen molar-refractivity contribution in [2.75, 3.05) is 36.4 Å². The van der Waals surface area contributed by atoms with Crippen LogP contribution in [0, 0.1) is 0 Å². The van der Waals surface area contributed by atoms with E-state index in [1.165, 1.54) is 12.4 Å². The molecule has 1 amide bonds. The number of nitrogens with zero attached hydrogens (tertiary/aromatic N) is 7. The summed E-state index contributed by atoms with van der Waals surface area (Å²) in [7, 11) is 0. The third kappa shape index (κ3) is 5.84. The maximum absolute atomic E-state index is 13.5. The van der Waals surface area contributed by atoms with Crippen molar-refractivity contribution in [1.29, 1.82) is 0 Å². The molecule has 1 aliphatic rings. The predicted molar refractivity (Wildman–Crippen MR) is 138 cm³/mol. The average Bonchev–Trinajstić information content (AvgIpc) is 3.30. The van der Waals surface area contributed by atoms with Gasteiger partial charge in [-0.15, -0.1) is 0 Å². The van der Waals surface area contributed by atoms with Gasteiger partial charge in [0.1, 0.15) is 5.56 Å². The van der Waals surface area contributed by atoms with E-state index in [1.807, 2.05) is 0 Å². The number of aromatic amines is 1. The van der Waals surface area contributed by atoms with Crippen LogP contribution in [0.3, 0.4) is 0 Å². The summed E-state index contributed by atoms with van der Waals surface area (Å²) < 4.78 is 80.5. The summed E-state index contributed by atoms with van der Waals surface area (Å²) in [5, 5.41) is 8.52. The number of alkyl halides is 6. The highest BCUT2D eigenvalue weighted by molar-refractivity contribution is 6.06. The van der Waals surface area contributed by atoms with Gasteiger partial charge in [0.05, 0.1) is 34.7 Å². The summed E-state index contributed by atoms with van der Waals surface area (Å²) in [5.41, 5.74) is -3.25. The highest BCUT2D eigenvalue weighted by Gasteiger charge is 2.38. The van der Waals surface area contributed by atoms with Crippen LogP contribution >= 0.6 is 0 Å². The lowest BCUT2D eigenvalue weighted by atomic mass is 10.1. The summed E-state index contributed by atoms with van der Waals surface area (Å²) in [6, 6.07) is 1.03. The van der Waals surface area contributed by atoms with Gasteiger partial charge in [-0.2, -0.15) is 31.4 Å². The molecular formula is C25H23F6N9O2. The normalized spacial score (nSPS) is 15.2. The monoisotopic (exact) mass is 595 g/mol. The molecule has 222 valence electrons. The van der Waals surface area contributed by atoms with Gasteiger partial charge in [0.2, 0.25) is 5.95 Å². The van der Waals surface area contributed by atoms with Crippen LogP contribution < -0.4 is 15.8 Å². The molecule has 1 atom stereocenters. The Morgan fingerprint density at radius 2 is 1.71 bits per heavy atom. The molecule has 11 nitrogen and oxygen atoms in total. The summed E-state index contributed by atoms with van der Waals surface area (Å²) in [6.07, 6.45) is -2.47. The van der Waals surface area contributed by atoms with Crippen LogP contribution in [-0.2, 0) is 18.9 Å². The summed E-state index contributed by atoms with van der Waals surface area (Å²) in [5.74, 6) is -0.166. The van der Waals surface area contributed by atoms with Gasteiger partial charge in [-0.25, -0.2) is 15.1 Å². The number of hydrogen-bond acceptors (Lipinski definition) is 8. The van der Waals surface area contributed by atoms with E-state index in [0.29, 0.717) is 29.6 Å². The Hall–Kier alpha value is -4.70. The van der Waals surface area contributed by atoms with Gasteiger partial charge >= 0.3 is 12.4 Å². The molecule has 0 bridgehead atoms. The van der Waals surface area contributed by atoms with E-state index in [-0.39, 0.29) is 31.5 Å². The second kappa shape index (κ2) is 10.9. The van der Waals surface area contributed by atoms with Crippen molar-refractivity contribution in [3.05, 3.63) is 70.3 Å². The van der Waals surface area contributed by atoms with E-state index in [4.69, 9.17) is 0 Å². The number of amides is 1. The lowest BCUT2D eigenvalue weighted by Gasteiger charge is -2.34. The molecule has 0 saturated carbocycles. The van der Waals surface area contributed by atoms with E-state index >= 15 is 0 Å². The predicted octanol–water partition coefficient (Wildman–Crippen LogP) is 3.41. The maximum atomic E-state index is 13.5. The van der Waals surface area contributed by atoms with Gasteiger partial charge in [-0.05, 0) is 13.0 Å². The van der Waals surface area contributed by atoms with Crippen molar-refractivity contribution in [3.8, 4) is 0 Å². The van der Waals surface area contributed by atoms with E-state index in [0.717, 1.165) is 18.6 Å². The highest BCUT2D eigenvalue weighted by Crippen LogP contribution is 2.32. The van der Waals surface area contributed by atoms with Crippen LogP contribution in [0.25, 0.3) is 10.9 Å². The Kier molecular flexibility index (Phi) is 7.51. The quantitative estimate of drug-likeness (QED) is 0.325. The summed E-state index contributed by atoms with van der Waals surface area (Å²) in [4.78, 5) is 40.3. The lowest BCUT2D eigenvalue weighted by Crippen LogP contribution is -2.49. The first-order valence-corrected chi connectivity index (χ1v) is 12.6. The molecule has 1 fully saturated rings. The number of halogens is 6. The Morgan fingerprint density at radius 3 is 2.36 bits per heavy atom. The molecule has 0 aromatic carbocycles. The second-order valence-electron chi connectivity index (χ2n) is 9.67. The number of nitrogens with one attached hydrogen (secondary N) is 2. The maximum Gasteiger partial charge on any atom is 0.423 e. The van der Waals surface area contributed by atoms with Crippen LogP contribution in [0.4, 0.5) is 38.0 Å². The number of hydrogen-bond donors (Lipinski definition) is 2. The number of piperazine rings is 1. The van der Waals surface area contributed by atoms with Crippen LogP contribution in [0.2, 0.25) is 0 Å². The van der Waals surface area contributed by atoms with Crippen molar-refractivity contribution in [1.82, 2.24) is 34.6 Å². The number of pyridine rings is 1. The van der Waals surface area contributed by atoms with Gasteiger partial charge in [0.15, 0.2) is 0 Å². The van der Waals surface area contributed by atoms with E-state index < -0.39 is 40.8 Å². The second-order valence-corrected chi connectivity index (χ2v) is 9.67. The molecule has 4 aromatic heterocycles. The molecule has 0 aliphatic carbocycles. The van der Waals surface area contributed by atoms with E-state index in [1.54, 1.807) is 38.7 Å². The molecule has 1 saturated heterocycles. The third-order valence-corrected chi connectivity index (χ3v) is 6.74. The molecule has 4 aromatic rings. The zero-order valence-corrected chi connectivity index (χ0v) is 21.9. The largest absolute Gasteiger partial charge is 0.423 e. The molecule has 5 heterocycles. The number of carbonyl (C=O) groups is 1. The molecule has 0 spiro atoms. The Bertz CT molecular complexity index is 1640. The van der Waals surface area contributed by atoms with Crippen molar-refractivity contribution < 1.29 is 31.1 Å². The Labute approximate surface area is 233 Å². The first kappa shape index (κ1) is 28.8. The topological polar surface area (TPSA) is 125 Å². The molecule has 2 N–H and O–H groups in total. The van der Waals surface area contributed by atoms with Gasteiger partial charge in [0.25, 0.3) is 11.5 Å². The number of carbonyl (C=O) groups excluding carboxylic acids is 1. The molecule has 5 rings (SSSR count). The van der Waals surface area contributed by atoms with Gasteiger partial charge in [-0.3, -0.25) is 14.6 Å². The van der Waals surface area contributed by atoms with Crippen molar-refractivity contribution in [2.45, 2.75) is 31.9 Å². The fraction of sp³-hybridized carbons (Fsp3) is 0.360. The van der Waals surface area contributed by atoms with Crippen LogP contribution in [0.5, 0.6) is 0 Å². The average molecular weight is 596 g/mol. The van der Waals surface area contributed by atoms with Crippen molar-refractivity contribution >= 4 is 28.4 Å². The van der Waals surface area contributed by atoms with Crippen LogP contribution in [0.15, 0.2) is 48.0 Å². The molecule has 17 heteroatoms. The minimum Gasteiger partial charge on any atom is -0.379 e. The lowest BCUT2D eigenvalue weighted by molar-refractivity contribution is -0.139. The highest BCUT2D eigenvalue weighted by atomic mass is 19.4. The first-order valence-electron chi connectivity index (χ1n) is 12.6. The standard InChI is InChI=1S/C25H23F6N9O2/c1-14(36-18-10-35-37-21(41)20(18)25(29,30)31)12-40-13-17(16-2-3-32-11-19(16)40)22(42)38-4-6-39(7-5-38)23-33-8-15(9-34-23)24(26,27)28/h2-3,8-11,13-14H,4-7,12H2,1H3,(H2,36,37,41). The minimum absolute atomic E-state index is 0.124. The first-order chi connectivity index (χ1) is 19.8. The summed E-state index contributed by atoms with van der Waals surface area (Å²) >= 11 is 0. The molecule has 1 unspecified atom stereocenters. The molecule has 0 radical (unpaired) electrons. The number of anilines is 2. The number of rotatable bonds is 6. The van der Waals surface area contributed by atoms with E-state index in [9.17, 15) is 35.9 Å². The molecule has 1 aliphatic heterocycles. The molecular weight excluding hydrogens is 572 g/mol. The zero-order valence-electron chi connectivity index (χ0n) is 21.9. The number of fused-ring (bicyclic) bond motifs is 1. The van der Waals surface area contributed by atoms with E-state index in [2.05, 4.69) is 25.4 Å². The van der Waals surface area contributed by atoms with Crippen LogP contribution in [0.1, 0.15) is 28.4 Å². The smallest absolute Gasteiger partial charge is 0.379 e. The van der Waals surface area contributed by atoms with Gasteiger partial charge in [0, 0.05) is 68.9 Å². The number of aromatic nitrogens is 6. The zero-order chi connectivity index (χ0) is 30.2. The minimum atomic E-state index is -4.90. The Balaban J connectivity index is 1.30. The summed E-state index contributed by atoms with van der Waals surface area (Å²) in [6.45, 7) is 2.85. The van der Waals surface area contributed by atoms with Gasteiger partial charge in [-0.1, -0.05) is 0 Å². The molecule has 42 heavy (non-hydrogen) atoms. The fourth-order valence-corrected chi connectivity index (χ4v) is 4.77. The van der Waals surface area contributed by atoms with Crippen molar-refractivity contribution in [3.63, 3.8) is 0 Å². The van der Waals surface area contributed by atoms with Crippen molar-refractivity contribution in [2.24, 2.45) is 0 Å². The number of H-pyrrole nitrogens is 1. The van der Waals surface area contributed by atoms with Crippen LogP contribution in [-0.4, -0.2) is 72.7 Å².